The standard InChI is InChI=1S/C11Cl2F24Si/c12-38(13,11(35,36)37)10(33,34)8(28,29)6(24,25)4(20,21)2(16,17)1(14,15)3(18,19)5(22,23)7(26,27)9(30,31)32. The van der Waals surface area contributed by atoms with Gasteiger partial charge in [-0.05, 0) is 0 Å². The number of hydrogen-bond donors (Lipinski definition) is 0. The van der Waals surface area contributed by atoms with E-state index in [0.717, 1.165) is 0 Å². The van der Waals surface area contributed by atoms with Crippen LogP contribution >= 0.6 is 22.2 Å². The van der Waals surface area contributed by atoms with Crippen LogP contribution in [0.4, 0.5) is 105 Å². The molecular formula is C11Cl2F24Si. The molecular weight excluding hydrogens is 687 g/mol. The van der Waals surface area contributed by atoms with Crippen LogP contribution in [0.2, 0.25) is 0 Å². The van der Waals surface area contributed by atoms with Crippen molar-refractivity contribution >= 4 is 28.9 Å². The van der Waals surface area contributed by atoms with Gasteiger partial charge in [0.2, 0.25) is 0 Å². The zero-order chi connectivity index (χ0) is 32.0. The number of halogens is 26. The molecule has 27 heteroatoms. The fourth-order valence-corrected chi connectivity index (χ4v) is 3.55. The number of hydrogen-bond acceptors (Lipinski definition) is 0. The maximum absolute atomic E-state index is 13.5. The SMILES string of the molecule is FC(F)(F)C(F)(F)C(F)(F)C(F)(F)C(F)(F)C(F)(F)C(F)(F)C(F)(F)C(F)(F)C(F)(F)[Si](Cl)(Cl)C(F)(F)F. The molecule has 0 unspecified atom stereocenters. The van der Waals surface area contributed by atoms with Crippen molar-refractivity contribution in [2.45, 2.75) is 64.9 Å². The Kier molecular flexibility index (Phi) is 8.60. The Morgan fingerprint density at radius 1 is 0.289 bits per heavy atom. The molecule has 0 rings (SSSR count). The number of rotatable bonds is 9. The van der Waals surface area contributed by atoms with Gasteiger partial charge in [0.1, 0.15) is 0 Å². The Morgan fingerprint density at radius 2 is 0.474 bits per heavy atom. The molecule has 0 bridgehead atoms. The van der Waals surface area contributed by atoms with E-state index in [9.17, 15) is 105 Å². The fraction of sp³-hybridized carbons (Fsp3) is 1.00. The van der Waals surface area contributed by atoms with Crippen LogP contribution in [0.25, 0.3) is 0 Å². The van der Waals surface area contributed by atoms with Crippen molar-refractivity contribution in [3.05, 3.63) is 0 Å². The van der Waals surface area contributed by atoms with E-state index in [1.807, 2.05) is 0 Å². The van der Waals surface area contributed by atoms with Crippen molar-refractivity contribution < 1.29 is 105 Å². The maximum atomic E-state index is 13.5. The lowest BCUT2D eigenvalue weighted by Crippen LogP contribution is -2.78. The summed E-state index contributed by atoms with van der Waals surface area (Å²) < 4.78 is 312. The molecule has 0 atom stereocenters. The van der Waals surface area contributed by atoms with Crippen molar-refractivity contribution in [3.8, 4) is 0 Å². The topological polar surface area (TPSA) is 0 Å². The zero-order valence-electron chi connectivity index (χ0n) is 15.8. The van der Waals surface area contributed by atoms with Crippen LogP contribution in [0.1, 0.15) is 0 Å². The summed E-state index contributed by atoms with van der Waals surface area (Å²) in [4.78, 5) is 0. The summed E-state index contributed by atoms with van der Waals surface area (Å²) >= 11 is 7.60. The van der Waals surface area contributed by atoms with Gasteiger partial charge in [0.15, 0.2) is 0 Å². The molecule has 0 fully saturated rings. The van der Waals surface area contributed by atoms with Gasteiger partial charge >= 0.3 is 71.6 Å². The average Bonchev–Trinajstić information content (AvgIpc) is 2.64. The molecule has 0 heterocycles. The predicted octanol–water partition coefficient (Wildman–Crippen LogP) is 8.83. The van der Waals surface area contributed by atoms with Crippen LogP contribution in [0.15, 0.2) is 0 Å². The third-order valence-electron chi connectivity index (χ3n) is 4.26. The van der Waals surface area contributed by atoms with Gasteiger partial charge in [-0.3, -0.25) is 0 Å². The van der Waals surface area contributed by atoms with Gasteiger partial charge in [0, 0.05) is 0 Å². The molecule has 230 valence electrons. The lowest BCUT2D eigenvalue weighted by Gasteiger charge is -2.45. The molecule has 0 aromatic carbocycles. The molecule has 0 spiro atoms. The van der Waals surface area contributed by atoms with Gasteiger partial charge in [0.05, 0.1) is 0 Å². The van der Waals surface area contributed by atoms with Crippen molar-refractivity contribution in [2.75, 3.05) is 0 Å². The fourth-order valence-electron chi connectivity index (χ4n) is 1.93. The van der Waals surface area contributed by atoms with Gasteiger partial charge in [0.25, 0.3) is 0 Å². The predicted molar refractivity (Wildman–Crippen MR) is 74.1 cm³/mol. The molecule has 0 N–H and O–H groups in total. The Bertz CT molecular complexity index is 807. The third-order valence-corrected chi connectivity index (χ3v) is 8.79. The largest absolute Gasteiger partial charge is 0.460 e. The summed E-state index contributed by atoms with van der Waals surface area (Å²) in [5, 5.41) is 0. The van der Waals surface area contributed by atoms with E-state index in [1.165, 1.54) is 0 Å². The molecule has 0 aromatic heterocycles. The van der Waals surface area contributed by atoms with Crippen molar-refractivity contribution in [1.29, 1.82) is 0 Å². The molecule has 0 saturated carbocycles. The maximum Gasteiger partial charge on any atom is 0.460 e. The summed E-state index contributed by atoms with van der Waals surface area (Å²) in [5.74, 6) is -80.5. The molecule has 0 aromatic rings. The molecule has 0 aliphatic carbocycles. The van der Waals surface area contributed by atoms with E-state index < -0.39 is 71.6 Å². The third kappa shape index (κ3) is 4.25. The zero-order valence-corrected chi connectivity index (χ0v) is 18.3. The molecule has 0 radical (unpaired) electrons. The van der Waals surface area contributed by atoms with Crippen molar-refractivity contribution in [2.24, 2.45) is 0 Å². The Hall–Kier alpha value is -0.883. The van der Waals surface area contributed by atoms with Crippen LogP contribution in [0, 0.1) is 0 Å². The van der Waals surface area contributed by atoms with E-state index in [1.54, 1.807) is 0 Å². The van der Waals surface area contributed by atoms with E-state index in [2.05, 4.69) is 22.2 Å². The minimum Gasteiger partial charge on any atom is -0.201 e. The second-order valence-corrected chi connectivity index (χ2v) is 13.1. The normalized spacial score (nSPS) is 17.2. The first-order chi connectivity index (χ1) is 15.8. The minimum atomic E-state index is -9.47. The molecule has 38 heavy (non-hydrogen) atoms. The molecule has 0 aliphatic rings. The summed E-state index contributed by atoms with van der Waals surface area (Å²) in [6.45, 7) is -8.55. The first kappa shape index (κ1) is 37.1. The molecule has 0 amide bonds. The Balaban J connectivity index is 7.29. The average molecular weight is 687 g/mol. The molecule has 0 saturated heterocycles. The van der Waals surface area contributed by atoms with E-state index in [4.69, 9.17) is 0 Å². The van der Waals surface area contributed by atoms with Gasteiger partial charge < -0.3 is 0 Å². The van der Waals surface area contributed by atoms with Gasteiger partial charge in [-0.2, -0.15) is 96.6 Å². The summed E-state index contributed by atoms with van der Waals surface area (Å²) in [7, 11) is 0. The van der Waals surface area contributed by atoms with Crippen LogP contribution < -0.4 is 0 Å². The van der Waals surface area contributed by atoms with Crippen LogP contribution in [0.5, 0.6) is 0 Å². The van der Waals surface area contributed by atoms with Gasteiger partial charge in [-0.1, -0.05) is 0 Å². The first-order valence-electron chi connectivity index (χ1n) is 7.66. The van der Waals surface area contributed by atoms with Crippen LogP contribution in [-0.2, 0) is 0 Å². The summed E-state index contributed by atoms with van der Waals surface area (Å²) in [6.07, 6.45) is -8.13. The highest BCUT2D eigenvalue weighted by atomic mass is 35.7. The highest BCUT2D eigenvalue weighted by Gasteiger charge is 2.99. The van der Waals surface area contributed by atoms with E-state index >= 15 is 0 Å². The summed E-state index contributed by atoms with van der Waals surface area (Å²) in [5.41, 5.74) is -8.10. The van der Waals surface area contributed by atoms with E-state index in [-0.39, 0.29) is 0 Å². The highest BCUT2D eigenvalue weighted by molar-refractivity contribution is 7.47. The molecule has 0 aliphatic heterocycles. The lowest BCUT2D eigenvalue weighted by molar-refractivity contribution is -0.472. The monoisotopic (exact) mass is 686 g/mol. The Labute approximate surface area is 200 Å². The smallest absolute Gasteiger partial charge is 0.201 e. The molecule has 0 nitrogen and oxygen atoms in total. The second-order valence-electron chi connectivity index (χ2n) is 6.74. The van der Waals surface area contributed by atoms with Crippen LogP contribution in [-0.4, -0.2) is 71.6 Å². The van der Waals surface area contributed by atoms with Gasteiger partial charge in [-0.25, -0.2) is 8.78 Å². The Morgan fingerprint density at radius 3 is 0.658 bits per heavy atom. The summed E-state index contributed by atoms with van der Waals surface area (Å²) in [6, 6.07) is 0. The van der Waals surface area contributed by atoms with Gasteiger partial charge in [-0.15, -0.1) is 22.2 Å². The lowest BCUT2D eigenvalue weighted by atomic mass is 9.87. The van der Waals surface area contributed by atoms with Crippen LogP contribution in [0.3, 0.4) is 0 Å². The quantitative estimate of drug-likeness (QED) is 0.129. The number of alkyl halides is 24. The van der Waals surface area contributed by atoms with E-state index in [0.29, 0.717) is 0 Å². The highest BCUT2D eigenvalue weighted by Crippen LogP contribution is 2.67. The second kappa shape index (κ2) is 8.81. The minimum absolute atomic E-state index is 3.80. The van der Waals surface area contributed by atoms with Crippen molar-refractivity contribution in [3.63, 3.8) is 0 Å². The first-order valence-corrected chi connectivity index (χ1v) is 11.7. The van der Waals surface area contributed by atoms with Crippen molar-refractivity contribution in [1.82, 2.24) is 0 Å².